The highest BCUT2D eigenvalue weighted by Gasteiger charge is 2.12. The summed E-state index contributed by atoms with van der Waals surface area (Å²) in [5, 5.41) is 5.71. The number of amides is 1. The molecule has 3 rings (SSSR count). The lowest BCUT2D eigenvalue weighted by atomic mass is 10.0. The summed E-state index contributed by atoms with van der Waals surface area (Å²) in [7, 11) is 0. The number of hydrogen-bond acceptors (Lipinski definition) is 6. The average Bonchev–Trinajstić information content (AvgIpc) is 2.58. The number of carbonyl (C=O) groups excluding carboxylic acids is 1. The average molecular weight is 353 g/mol. The maximum absolute atomic E-state index is 12.2. The molecule has 1 atom stereocenters. The number of nitrogens with two attached hydrogens (primary N) is 2. The van der Waals surface area contributed by atoms with Gasteiger partial charge < -0.3 is 16.8 Å². The Hall–Kier alpha value is -2.80. The lowest BCUT2D eigenvalue weighted by Crippen LogP contribution is -2.28. The van der Waals surface area contributed by atoms with Gasteiger partial charge in [-0.1, -0.05) is 48.2 Å². The van der Waals surface area contributed by atoms with Gasteiger partial charge in [0.05, 0.1) is 11.8 Å². The van der Waals surface area contributed by atoms with Crippen LogP contribution in [-0.2, 0) is 4.79 Å². The van der Waals surface area contributed by atoms with E-state index in [-0.39, 0.29) is 17.7 Å². The molecule has 0 fully saturated rings. The van der Waals surface area contributed by atoms with Gasteiger partial charge in [-0.3, -0.25) is 4.79 Å². The van der Waals surface area contributed by atoms with Gasteiger partial charge in [-0.15, -0.1) is 0 Å². The minimum Gasteiger partial charge on any atom is -0.383 e. The molecule has 1 amide bonds. The van der Waals surface area contributed by atoms with E-state index in [2.05, 4.69) is 39.6 Å². The molecule has 3 aromatic rings. The van der Waals surface area contributed by atoms with Gasteiger partial charge in [0.15, 0.2) is 5.16 Å². The maximum atomic E-state index is 12.2. The zero-order valence-corrected chi connectivity index (χ0v) is 14.6. The summed E-state index contributed by atoms with van der Waals surface area (Å²) in [4.78, 5) is 20.3. The number of nitrogens with one attached hydrogen (secondary N) is 1. The van der Waals surface area contributed by atoms with E-state index < -0.39 is 0 Å². The molecule has 0 aliphatic carbocycles. The number of aromatic nitrogens is 2. The second-order valence-electron chi connectivity index (χ2n) is 5.68. The van der Waals surface area contributed by atoms with E-state index in [1.807, 2.05) is 25.1 Å². The molecule has 128 valence electrons. The van der Waals surface area contributed by atoms with Gasteiger partial charge in [0.25, 0.3) is 0 Å². The third-order valence-electron chi connectivity index (χ3n) is 3.73. The number of benzene rings is 2. The van der Waals surface area contributed by atoms with Gasteiger partial charge in [0.1, 0.15) is 11.6 Å². The lowest BCUT2D eigenvalue weighted by Gasteiger charge is -2.15. The molecule has 0 radical (unpaired) electrons. The van der Waals surface area contributed by atoms with Crippen molar-refractivity contribution >= 4 is 40.1 Å². The Morgan fingerprint density at radius 3 is 2.48 bits per heavy atom. The van der Waals surface area contributed by atoms with E-state index in [1.54, 1.807) is 0 Å². The number of nitrogens with zero attached hydrogens (tertiary/aromatic N) is 2. The second-order valence-corrected chi connectivity index (χ2v) is 6.63. The molecule has 0 aliphatic rings. The third-order valence-corrected chi connectivity index (χ3v) is 4.58. The van der Waals surface area contributed by atoms with Crippen molar-refractivity contribution in [3.05, 3.63) is 54.1 Å². The Kier molecular flexibility index (Phi) is 5.04. The first-order valence-electron chi connectivity index (χ1n) is 7.82. The number of fused-ring (bicyclic) bond motifs is 1. The molecule has 0 aliphatic heterocycles. The molecule has 2 aromatic carbocycles. The quantitative estimate of drug-likeness (QED) is 0.481. The van der Waals surface area contributed by atoms with E-state index in [0.717, 1.165) is 10.9 Å². The van der Waals surface area contributed by atoms with Crippen molar-refractivity contribution in [2.24, 2.45) is 0 Å². The SMILES string of the molecule is CC(NC(=O)CSc1nc(N)cc(N)n1)c1ccc2ccccc2c1. The maximum Gasteiger partial charge on any atom is 0.230 e. The lowest BCUT2D eigenvalue weighted by molar-refractivity contribution is -0.119. The Morgan fingerprint density at radius 2 is 1.76 bits per heavy atom. The van der Waals surface area contributed by atoms with Gasteiger partial charge in [-0.05, 0) is 29.3 Å². The highest BCUT2D eigenvalue weighted by molar-refractivity contribution is 7.99. The largest absolute Gasteiger partial charge is 0.383 e. The zero-order chi connectivity index (χ0) is 17.8. The van der Waals surface area contributed by atoms with Crippen LogP contribution in [0.3, 0.4) is 0 Å². The first kappa shape index (κ1) is 17.0. The van der Waals surface area contributed by atoms with Crippen LogP contribution in [0.5, 0.6) is 0 Å². The molecule has 6 nitrogen and oxygen atoms in total. The summed E-state index contributed by atoms with van der Waals surface area (Å²) >= 11 is 1.20. The Balaban J connectivity index is 1.61. The van der Waals surface area contributed by atoms with E-state index in [9.17, 15) is 4.79 Å². The smallest absolute Gasteiger partial charge is 0.230 e. The Labute approximate surface area is 150 Å². The fourth-order valence-corrected chi connectivity index (χ4v) is 3.18. The van der Waals surface area contributed by atoms with Crippen LogP contribution < -0.4 is 16.8 Å². The summed E-state index contributed by atoms with van der Waals surface area (Å²) < 4.78 is 0. The van der Waals surface area contributed by atoms with Crippen molar-refractivity contribution < 1.29 is 4.79 Å². The first-order chi connectivity index (χ1) is 12.0. The molecule has 0 spiro atoms. The van der Waals surface area contributed by atoms with Gasteiger partial charge in [0, 0.05) is 6.07 Å². The molecule has 1 aromatic heterocycles. The number of hydrogen-bond donors (Lipinski definition) is 3. The van der Waals surface area contributed by atoms with Crippen LogP contribution >= 0.6 is 11.8 Å². The molecule has 0 saturated heterocycles. The summed E-state index contributed by atoms with van der Waals surface area (Å²) in [6.07, 6.45) is 0. The highest BCUT2D eigenvalue weighted by atomic mass is 32.2. The van der Waals surface area contributed by atoms with E-state index in [1.165, 1.54) is 23.2 Å². The van der Waals surface area contributed by atoms with Crippen LogP contribution in [-0.4, -0.2) is 21.6 Å². The number of carbonyl (C=O) groups is 1. The number of rotatable bonds is 5. The molecule has 25 heavy (non-hydrogen) atoms. The normalized spacial score (nSPS) is 12.0. The van der Waals surface area contributed by atoms with Crippen LogP contribution in [0.1, 0.15) is 18.5 Å². The van der Waals surface area contributed by atoms with Crippen molar-refractivity contribution in [2.45, 2.75) is 18.1 Å². The van der Waals surface area contributed by atoms with Crippen LogP contribution in [0.25, 0.3) is 10.8 Å². The standard InChI is InChI=1S/C18H19N5OS/c1-11(13-7-6-12-4-2-3-5-14(12)8-13)21-17(24)10-25-18-22-15(19)9-16(20)23-18/h2-9,11H,10H2,1H3,(H,21,24)(H4,19,20,22,23). The molecular formula is C18H19N5OS. The van der Waals surface area contributed by atoms with Crippen molar-refractivity contribution in [3.63, 3.8) is 0 Å². The van der Waals surface area contributed by atoms with E-state index in [4.69, 9.17) is 11.5 Å². The Morgan fingerprint density at radius 1 is 1.08 bits per heavy atom. The van der Waals surface area contributed by atoms with Crippen LogP contribution in [0.4, 0.5) is 11.6 Å². The topological polar surface area (TPSA) is 107 Å². The molecule has 5 N–H and O–H groups in total. The highest BCUT2D eigenvalue weighted by Crippen LogP contribution is 2.21. The second kappa shape index (κ2) is 7.40. The van der Waals surface area contributed by atoms with Gasteiger partial charge in [0.2, 0.25) is 5.91 Å². The summed E-state index contributed by atoms with van der Waals surface area (Å²) in [5.74, 6) is 0.677. The molecule has 0 saturated carbocycles. The molecular weight excluding hydrogens is 334 g/mol. The van der Waals surface area contributed by atoms with Crippen LogP contribution in [0.2, 0.25) is 0 Å². The van der Waals surface area contributed by atoms with Crippen molar-refractivity contribution in [2.75, 3.05) is 17.2 Å². The van der Waals surface area contributed by atoms with Gasteiger partial charge in [-0.2, -0.15) is 0 Å². The van der Waals surface area contributed by atoms with Crippen molar-refractivity contribution in [3.8, 4) is 0 Å². The predicted octanol–water partition coefficient (Wildman–Crippen LogP) is 2.76. The molecule has 1 heterocycles. The fraction of sp³-hybridized carbons (Fsp3) is 0.167. The van der Waals surface area contributed by atoms with Crippen molar-refractivity contribution in [1.82, 2.24) is 15.3 Å². The minimum absolute atomic E-state index is 0.0930. The third kappa shape index (κ3) is 4.39. The summed E-state index contributed by atoms with van der Waals surface area (Å²) in [5.41, 5.74) is 12.3. The summed E-state index contributed by atoms with van der Waals surface area (Å²) in [6.45, 7) is 1.96. The predicted molar refractivity (Wildman–Crippen MR) is 102 cm³/mol. The fourth-order valence-electron chi connectivity index (χ4n) is 2.50. The van der Waals surface area contributed by atoms with Gasteiger partial charge >= 0.3 is 0 Å². The minimum atomic E-state index is -0.102. The van der Waals surface area contributed by atoms with Crippen LogP contribution in [0, 0.1) is 0 Å². The number of nitrogen functional groups attached to an aromatic ring is 2. The monoisotopic (exact) mass is 353 g/mol. The number of thioether (sulfide) groups is 1. The summed E-state index contributed by atoms with van der Waals surface area (Å²) in [6, 6.07) is 15.7. The van der Waals surface area contributed by atoms with Crippen LogP contribution in [0.15, 0.2) is 53.7 Å². The first-order valence-corrected chi connectivity index (χ1v) is 8.81. The molecule has 7 heteroatoms. The van der Waals surface area contributed by atoms with E-state index >= 15 is 0 Å². The zero-order valence-electron chi connectivity index (χ0n) is 13.8. The van der Waals surface area contributed by atoms with E-state index in [0.29, 0.717) is 16.8 Å². The molecule has 0 bridgehead atoms. The molecule has 1 unspecified atom stereocenters. The Bertz CT molecular complexity index is 895. The number of anilines is 2. The van der Waals surface area contributed by atoms with Gasteiger partial charge in [-0.25, -0.2) is 9.97 Å². The van der Waals surface area contributed by atoms with Crippen molar-refractivity contribution in [1.29, 1.82) is 0 Å².